The van der Waals surface area contributed by atoms with Crippen LogP contribution in [0.1, 0.15) is 35.3 Å². The molecule has 1 fully saturated rings. The Morgan fingerprint density at radius 3 is 2.58 bits per heavy atom. The van der Waals surface area contributed by atoms with E-state index in [1.807, 2.05) is 17.6 Å². The molecule has 1 aromatic heterocycles. The molecule has 3 N–H and O–H groups in total. The van der Waals surface area contributed by atoms with Gasteiger partial charge in [-0.3, -0.25) is 4.79 Å². The number of fused-ring (bicyclic) bond motifs is 4. The summed E-state index contributed by atoms with van der Waals surface area (Å²) < 4.78 is 7.30. The van der Waals surface area contributed by atoms with E-state index in [0.29, 0.717) is 43.4 Å². The first kappa shape index (κ1) is 23.5. The van der Waals surface area contributed by atoms with Gasteiger partial charge in [0, 0.05) is 43.0 Å². The van der Waals surface area contributed by atoms with Gasteiger partial charge in [-0.05, 0) is 67.8 Å². The van der Waals surface area contributed by atoms with Gasteiger partial charge in [-0.2, -0.15) is 0 Å². The highest BCUT2D eigenvalue weighted by atomic mass is 16.5. The third kappa shape index (κ3) is 4.77. The number of carbonyl (C=O) groups excluding carboxylic acids is 1. The molecule has 0 spiro atoms. The van der Waals surface area contributed by atoms with Gasteiger partial charge in [-0.25, -0.2) is 9.59 Å². The molecular formula is C27H28N4O5. The number of aromatic nitrogens is 1. The van der Waals surface area contributed by atoms with Crippen LogP contribution in [-0.4, -0.2) is 41.4 Å². The minimum absolute atomic E-state index is 0.0229. The van der Waals surface area contributed by atoms with Crippen LogP contribution in [0.15, 0.2) is 65.5 Å². The molecule has 2 atom stereocenters. The van der Waals surface area contributed by atoms with Crippen molar-refractivity contribution in [2.24, 2.45) is 5.92 Å². The molecule has 0 radical (unpaired) electrons. The van der Waals surface area contributed by atoms with Crippen LogP contribution in [0.4, 0.5) is 21.9 Å². The van der Waals surface area contributed by atoms with E-state index in [0.717, 1.165) is 17.8 Å². The van der Waals surface area contributed by atoms with Crippen molar-refractivity contribution in [3.8, 4) is 5.75 Å². The number of rotatable bonds is 6. The maximum atomic E-state index is 12.8. The molecule has 0 unspecified atom stereocenters. The molecule has 36 heavy (non-hydrogen) atoms. The number of hydrogen-bond donors (Lipinski definition) is 3. The van der Waals surface area contributed by atoms with Crippen LogP contribution in [0, 0.1) is 5.92 Å². The molecule has 2 bridgehead atoms. The van der Waals surface area contributed by atoms with Crippen LogP contribution in [0.5, 0.6) is 5.75 Å². The predicted octanol–water partition coefficient (Wildman–Crippen LogP) is 4.21. The van der Waals surface area contributed by atoms with E-state index in [2.05, 4.69) is 15.5 Å². The number of benzene rings is 2. The number of anilines is 3. The minimum Gasteiger partial charge on any atom is -0.494 e. The quantitative estimate of drug-likeness (QED) is 0.479. The molecule has 5 rings (SSSR count). The molecule has 0 saturated carbocycles. The Bertz CT molecular complexity index is 1350. The normalized spacial score (nSPS) is 18.2. The topological polar surface area (TPSA) is 113 Å². The number of carbonyl (C=O) groups is 2. The molecule has 0 aliphatic carbocycles. The van der Waals surface area contributed by atoms with E-state index in [-0.39, 0.29) is 23.0 Å². The summed E-state index contributed by atoms with van der Waals surface area (Å²) in [6, 6.07) is 16.7. The molecule has 2 aromatic carbocycles. The molecule has 2 aliphatic heterocycles. The largest absolute Gasteiger partial charge is 0.494 e. The van der Waals surface area contributed by atoms with Crippen molar-refractivity contribution in [1.29, 1.82) is 0 Å². The van der Waals surface area contributed by atoms with E-state index in [1.165, 1.54) is 6.07 Å². The third-order valence-corrected chi connectivity index (χ3v) is 6.74. The van der Waals surface area contributed by atoms with Crippen molar-refractivity contribution in [1.82, 2.24) is 4.57 Å². The standard InChI is InChI=1S/C27H28N4O5/c1-2-36-21-9-7-20(8-10-21)28-27(35)29-22-13-18(26(33)34)6-11-24(22)30-14-17-12-19(16-30)23-4-3-5-25(32)31(23)15-17/h3-11,13,17,19H,2,12,14-16H2,1H3,(H,33,34)(H2,28,29,35)/t17-,19+/m1/s1. The number of amides is 2. The maximum Gasteiger partial charge on any atom is 0.335 e. The van der Waals surface area contributed by atoms with E-state index < -0.39 is 12.0 Å². The lowest BCUT2D eigenvalue weighted by molar-refractivity contribution is 0.0697. The van der Waals surface area contributed by atoms with Crippen molar-refractivity contribution in [2.45, 2.75) is 25.8 Å². The maximum absolute atomic E-state index is 12.8. The molecule has 186 valence electrons. The van der Waals surface area contributed by atoms with Gasteiger partial charge in [-0.15, -0.1) is 0 Å². The highest BCUT2D eigenvalue weighted by Gasteiger charge is 2.35. The number of nitrogens with zero attached hydrogens (tertiary/aromatic N) is 2. The zero-order valence-electron chi connectivity index (χ0n) is 19.9. The Labute approximate surface area is 208 Å². The highest BCUT2D eigenvalue weighted by molar-refractivity contribution is 6.03. The molecule has 9 heteroatoms. The van der Waals surface area contributed by atoms with Gasteiger partial charge in [0.05, 0.1) is 23.5 Å². The fraction of sp³-hybridized carbons (Fsp3) is 0.296. The van der Waals surface area contributed by atoms with E-state index in [4.69, 9.17) is 4.74 Å². The number of aromatic carboxylic acids is 1. The summed E-state index contributed by atoms with van der Waals surface area (Å²) in [6.45, 7) is 4.48. The lowest BCUT2D eigenvalue weighted by Crippen LogP contribution is -2.47. The summed E-state index contributed by atoms with van der Waals surface area (Å²) in [5.41, 5.74) is 2.89. The number of carboxylic acids is 1. The van der Waals surface area contributed by atoms with Gasteiger partial charge in [0.2, 0.25) is 0 Å². The first-order chi connectivity index (χ1) is 17.4. The minimum atomic E-state index is -1.07. The first-order valence-electron chi connectivity index (χ1n) is 12.0. The number of pyridine rings is 1. The average molecular weight is 489 g/mol. The Morgan fingerprint density at radius 1 is 1.03 bits per heavy atom. The van der Waals surface area contributed by atoms with Crippen LogP contribution in [0.3, 0.4) is 0 Å². The van der Waals surface area contributed by atoms with Crippen LogP contribution >= 0.6 is 0 Å². The van der Waals surface area contributed by atoms with Crippen molar-refractivity contribution in [3.63, 3.8) is 0 Å². The van der Waals surface area contributed by atoms with E-state index >= 15 is 0 Å². The number of piperidine rings is 1. The Hall–Kier alpha value is -4.27. The number of urea groups is 1. The molecule has 1 saturated heterocycles. The van der Waals surface area contributed by atoms with Crippen LogP contribution < -0.4 is 25.8 Å². The molecular weight excluding hydrogens is 460 g/mol. The lowest BCUT2D eigenvalue weighted by atomic mass is 9.83. The van der Waals surface area contributed by atoms with Crippen molar-refractivity contribution in [2.75, 3.05) is 35.2 Å². The number of ether oxygens (including phenoxy) is 1. The summed E-state index contributed by atoms with van der Waals surface area (Å²) >= 11 is 0. The molecule has 2 amide bonds. The second-order valence-electron chi connectivity index (χ2n) is 9.18. The summed E-state index contributed by atoms with van der Waals surface area (Å²) in [7, 11) is 0. The zero-order chi connectivity index (χ0) is 25.2. The summed E-state index contributed by atoms with van der Waals surface area (Å²) in [4.78, 5) is 39.0. The summed E-state index contributed by atoms with van der Waals surface area (Å²) in [5.74, 6) is 0.0943. The van der Waals surface area contributed by atoms with Gasteiger partial charge in [0.1, 0.15) is 5.75 Å². The van der Waals surface area contributed by atoms with Gasteiger partial charge in [-0.1, -0.05) is 6.07 Å². The zero-order valence-corrected chi connectivity index (χ0v) is 19.9. The molecule has 3 heterocycles. The van der Waals surface area contributed by atoms with Gasteiger partial charge in [0.25, 0.3) is 5.56 Å². The average Bonchev–Trinajstić information content (AvgIpc) is 2.86. The van der Waals surface area contributed by atoms with Crippen LogP contribution in [-0.2, 0) is 6.54 Å². The van der Waals surface area contributed by atoms with Crippen molar-refractivity contribution < 1.29 is 19.4 Å². The van der Waals surface area contributed by atoms with Gasteiger partial charge >= 0.3 is 12.0 Å². The SMILES string of the molecule is CCOc1ccc(NC(=O)Nc2cc(C(=O)O)ccc2N2C[C@H]3C[C@@H](C2)c2cccc(=O)n2C3)cc1. The predicted molar refractivity (Wildman–Crippen MR) is 137 cm³/mol. The number of nitrogens with one attached hydrogen (secondary N) is 2. The van der Waals surface area contributed by atoms with Gasteiger partial charge in [0.15, 0.2) is 0 Å². The summed E-state index contributed by atoms with van der Waals surface area (Å²) in [6.07, 6.45) is 0.994. The second kappa shape index (κ2) is 9.77. The third-order valence-electron chi connectivity index (χ3n) is 6.74. The fourth-order valence-electron chi connectivity index (χ4n) is 5.22. The fourth-order valence-corrected chi connectivity index (χ4v) is 5.22. The molecule has 3 aromatic rings. The second-order valence-corrected chi connectivity index (χ2v) is 9.18. The summed E-state index contributed by atoms with van der Waals surface area (Å²) in [5, 5.41) is 15.2. The molecule has 9 nitrogen and oxygen atoms in total. The monoisotopic (exact) mass is 488 g/mol. The number of carboxylic acid groups (broad SMARTS) is 1. The van der Waals surface area contributed by atoms with Gasteiger partial charge < -0.3 is 29.9 Å². The Balaban J connectivity index is 1.39. The number of hydrogen-bond acceptors (Lipinski definition) is 5. The van der Waals surface area contributed by atoms with Crippen LogP contribution in [0.2, 0.25) is 0 Å². The Morgan fingerprint density at radius 2 is 1.83 bits per heavy atom. The van der Waals surface area contributed by atoms with E-state index in [9.17, 15) is 19.5 Å². The Kier molecular flexibility index (Phi) is 6.37. The highest BCUT2D eigenvalue weighted by Crippen LogP contribution is 2.39. The first-order valence-corrected chi connectivity index (χ1v) is 12.0. The van der Waals surface area contributed by atoms with E-state index in [1.54, 1.807) is 48.5 Å². The lowest BCUT2D eigenvalue weighted by Gasteiger charge is -2.44. The van der Waals surface area contributed by atoms with Crippen molar-refractivity contribution >= 4 is 29.1 Å². The van der Waals surface area contributed by atoms with Crippen molar-refractivity contribution in [3.05, 3.63) is 82.3 Å². The molecule has 2 aliphatic rings. The van der Waals surface area contributed by atoms with Crippen LogP contribution in [0.25, 0.3) is 0 Å². The smallest absolute Gasteiger partial charge is 0.335 e.